The number of fused-ring (bicyclic) bond motifs is 1. The minimum atomic E-state index is -1.01. The SMILES string of the molecule is O=C(O)c1ccnc2[nH]c(-c3ccc(Br)s3)nc12. The van der Waals surface area contributed by atoms with Gasteiger partial charge >= 0.3 is 5.97 Å². The van der Waals surface area contributed by atoms with Crippen molar-refractivity contribution < 1.29 is 9.90 Å². The van der Waals surface area contributed by atoms with Crippen LogP contribution in [0.1, 0.15) is 10.4 Å². The number of hydrogen-bond acceptors (Lipinski definition) is 4. The average Bonchev–Trinajstić information content (AvgIpc) is 2.93. The van der Waals surface area contributed by atoms with Gasteiger partial charge in [-0.15, -0.1) is 11.3 Å². The van der Waals surface area contributed by atoms with Crippen LogP contribution in [0.4, 0.5) is 0 Å². The van der Waals surface area contributed by atoms with Crippen LogP contribution in [0, 0.1) is 0 Å². The second kappa shape index (κ2) is 4.18. The molecular formula is C11H6BrN3O2S. The van der Waals surface area contributed by atoms with E-state index in [4.69, 9.17) is 5.11 Å². The molecule has 2 N–H and O–H groups in total. The third kappa shape index (κ3) is 1.81. The highest BCUT2D eigenvalue weighted by Gasteiger charge is 2.14. The van der Waals surface area contributed by atoms with Gasteiger partial charge in [0.2, 0.25) is 0 Å². The van der Waals surface area contributed by atoms with Crippen molar-refractivity contribution in [2.45, 2.75) is 0 Å². The van der Waals surface area contributed by atoms with Crippen LogP contribution in [0.5, 0.6) is 0 Å². The fourth-order valence-electron chi connectivity index (χ4n) is 1.64. The van der Waals surface area contributed by atoms with Crippen LogP contribution in [-0.4, -0.2) is 26.0 Å². The molecule has 0 aliphatic rings. The summed E-state index contributed by atoms with van der Waals surface area (Å²) in [5.41, 5.74) is 1.01. The van der Waals surface area contributed by atoms with Crippen molar-refractivity contribution in [1.29, 1.82) is 0 Å². The number of nitrogens with one attached hydrogen (secondary N) is 1. The average molecular weight is 324 g/mol. The van der Waals surface area contributed by atoms with Crippen molar-refractivity contribution in [1.82, 2.24) is 15.0 Å². The van der Waals surface area contributed by atoms with Crippen LogP contribution < -0.4 is 0 Å². The van der Waals surface area contributed by atoms with Gasteiger partial charge in [-0.05, 0) is 34.1 Å². The maximum Gasteiger partial charge on any atom is 0.338 e. The molecule has 0 radical (unpaired) electrons. The van der Waals surface area contributed by atoms with E-state index in [0.717, 1.165) is 8.66 Å². The van der Waals surface area contributed by atoms with Crippen molar-refractivity contribution in [2.75, 3.05) is 0 Å². The predicted octanol–water partition coefficient (Wildman–Crippen LogP) is 3.15. The van der Waals surface area contributed by atoms with E-state index in [1.54, 1.807) is 0 Å². The third-order valence-corrected chi connectivity index (χ3v) is 4.05. The highest BCUT2D eigenvalue weighted by atomic mass is 79.9. The van der Waals surface area contributed by atoms with E-state index in [-0.39, 0.29) is 5.56 Å². The number of imidazole rings is 1. The Morgan fingerprint density at radius 2 is 2.22 bits per heavy atom. The number of aromatic amines is 1. The zero-order chi connectivity index (χ0) is 12.7. The third-order valence-electron chi connectivity index (χ3n) is 2.42. The molecule has 0 aliphatic heterocycles. The minimum absolute atomic E-state index is 0.151. The Bertz CT molecular complexity index is 750. The highest BCUT2D eigenvalue weighted by Crippen LogP contribution is 2.30. The van der Waals surface area contributed by atoms with Crippen molar-refractivity contribution in [3.05, 3.63) is 33.7 Å². The molecule has 90 valence electrons. The van der Waals surface area contributed by atoms with Gasteiger partial charge in [-0.25, -0.2) is 14.8 Å². The molecule has 0 spiro atoms. The van der Waals surface area contributed by atoms with Gasteiger partial charge in [0.05, 0.1) is 14.2 Å². The van der Waals surface area contributed by atoms with Gasteiger partial charge in [-0.1, -0.05) is 0 Å². The highest BCUT2D eigenvalue weighted by molar-refractivity contribution is 9.11. The van der Waals surface area contributed by atoms with Crippen molar-refractivity contribution in [3.8, 4) is 10.7 Å². The van der Waals surface area contributed by atoms with Gasteiger partial charge in [0.15, 0.2) is 5.65 Å². The lowest BCUT2D eigenvalue weighted by molar-refractivity contribution is 0.0699. The monoisotopic (exact) mass is 323 g/mol. The lowest BCUT2D eigenvalue weighted by Crippen LogP contribution is -1.97. The van der Waals surface area contributed by atoms with E-state index in [1.807, 2.05) is 12.1 Å². The molecule has 0 aromatic carbocycles. The molecule has 3 aromatic heterocycles. The number of carbonyl (C=O) groups is 1. The first-order valence-corrected chi connectivity index (χ1v) is 6.60. The molecule has 3 heterocycles. The lowest BCUT2D eigenvalue weighted by atomic mass is 10.2. The summed E-state index contributed by atoms with van der Waals surface area (Å²) >= 11 is 4.90. The van der Waals surface area contributed by atoms with Crippen LogP contribution >= 0.6 is 27.3 Å². The standard InChI is InChI=1S/C11H6BrN3O2S/c12-7-2-1-6(18-7)9-14-8-5(11(16)17)3-4-13-10(8)15-9/h1-4H,(H,16,17)(H,13,14,15). The van der Waals surface area contributed by atoms with Gasteiger partial charge < -0.3 is 10.1 Å². The smallest absolute Gasteiger partial charge is 0.338 e. The molecule has 0 saturated carbocycles. The Labute approximate surface area is 114 Å². The molecule has 0 atom stereocenters. The first kappa shape index (κ1) is 11.4. The Hall–Kier alpha value is -1.73. The van der Waals surface area contributed by atoms with E-state index < -0.39 is 5.97 Å². The minimum Gasteiger partial charge on any atom is -0.478 e. The van der Waals surface area contributed by atoms with Crippen LogP contribution in [-0.2, 0) is 0 Å². The van der Waals surface area contributed by atoms with Crippen molar-refractivity contribution in [3.63, 3.8) is 0 Å². The largest absolute Gasteiger partial charge is 0.478 e. The van der Waals surface area contributed by atoms with E-state index >= 15 is 0 Å². The van der Waals surface area contributed by atoms with Crippen LogP contribution in [0.2, 0.25) is 0 Å². The molecule has 0 unspecified atom stereocenters. The van der Waals surface area contributed by atoms with Gasteiger partial charge in [-0.2, -0.15) is 0 Å². The van der Waals surface area contributed by atoms with Crippen LogP contribution in [0.3, 0.4) is 0 Å². The summed E-state index contributed by atoms with van der Waals surface area (Å²) in [5.74, 6) is -0.380. The summed E-state index contributed by atoms with van der Waals surface area (Å²) in [7, 11) is 0. The van der Waals surface area contributed by atoms with E-state index in [0.29, 0.717) is 17.0 Å². The normalized spacial score (nSPS) is 10.9. The maximum absolute atomic E-state index is 11.1. The summed E-state index contributed by atoms with van der Waals surface area (Å²) < 4.78 is 0.990. The first-order valence-electron chi connectivity index (χ1n) is 4.99. The number of pyridine rings is 1. The summed E-state index contributed by atoms with van der Waals surface area (Å²) in [5, 5.41) is 9.08. The number of halogens is 1. The number of aromatic nitrogens is 3. The summed E-state index contributed by atoms with van der Waals surface area (Å²) in [6.07, 6.45) is 1.46. The van der Waals surface area contributed by atoms with E-state index in [2.05, 4.69) is 30.9 Å². The topological polar surface area (TPSA) is 78.9 Å². The zero-order valence-corrected chi connectivity index (χ0v) is 11.2. The molecule has 7 heteroatoms. The molecule has 0 saturated heterocycles. The van der Waals surface area contributed by atoms with E-state index in [9.17, 15) is 4.79 Å². The number of hydrogen-bond donors (Lipinski definition) is 2. The number of rotatable bonds is 2. The molecule has 18 heavy (non-hydrogen) atoms. The number of nitrogens with zero attached hydrogens (tertiary/aromatic N) is 2. The van der Waals surface area contributed by atoms with Crippen LogP contribution in [0.15, 0.2) is 28.2 Å². The molecule has 0 amide bonds. The summed E-state index contributed by atoms with van der Waals surface area (Å²) in [4.78, 5) is 23.4. The molecule has 0 bridgehead atoms. The molecule has 0 fully saturated rings. The van der Waals surface area contributed by atoms with Gasteiger partial charge in [0, 0.05) is 6.20 Å². The maximum atomic E-state index is 11.1. The van der Waals surface area contributed by atoms with Crippen molar-refractivity contribution in [2.24, 2.45) is 0 Å². The predicted molar refractivity (Wildman–Crippen MR) is 71.9 cm³/mol. The number of aromatic carboxylic acids is 1. The van der Waals surface area contributed by atoms with Gasteiger partial charge in [0.25, 0.3) is 0 Å². The summed E-state index contributed by atoms with van der Waals surface area (Å²) in [6.45, 7) is 0. The Morgan fingerprint density at radius 3 is 2.89 bits per heavy atom. The molecule has 0 aliphatic carbocycles. The van der Waals surface area contributed by atoms with E-state index in [1.165, 1.54) is 23.6 Å². The number of carboxylic acids is 1. The number of H-pyrrole nitrogens is 1. The second-order valence-corrected chi connectivity index (χ2v) is 6.01. The number of carboxylic acid groups (broad SMARTS) is 1. The van der Waals surface area contributed by atoms with Crippen molar-refractivity contribution >= 4 is 44.4 Å². The Kier molecular flexibility index (Phi) is 2.64. The molecule has 5 nitrogen and oxygen atoms in total. The van der Waals surface area contributed by atoms with Crippen LogP contribution in [0.25, 0.3) is 21.9 Å². The Morgan fingerprint density at radius 1 is 1.39 bits per heavy atom. The lowest BCUT2D eigenvalue weighted by Gasteiger charge is -1.92. The number of thiophene rings is 1. The fourth-order valence-corrected chi connectivity index (χ4v) is 2.97. The molecule has 3 aromatic rings. The second-order valence-electron chi connectivity index (χ2n) is 3.55. The Balaban J connectivity index is 2.22. The summed E-state index contributed by atoms with van der Waals surface area (Å²) in [6, 6.07) is 5.27. The van der Waals surface area contributed by atoms with Gasteiger partial charge in [-0.3, -0.25) is 0 Å². The fraction of sp³-hybridized carbons (Fsp3) is 0. The quantitative estimate of drug-likeness (QED) is 0.759. The first-order chi connectivity index (χ1) is 8.65. The molecular weight excluding hydrogens is 318 g/mol. The zero-order valence-electron chi connectivity index (χ0n) is 8.85. The molecule has 3 rings (SSSR count). The van der Waals surface area contributed by atoms with Gasteiger partial charge in [0.1, 0.15) is 11.3 Å².